The van der Waals surface area contributed by atoms with Crippen LogP contribution in [0.1, 0.15) is 32.6 Å². The Hall–Kier alpha value is -1.90. The summed E-state index contributed by atoms with van der Waals surface area (Å²) in [5.74, 6) is 1.80. The maximum Gasteiger partial charge on any atom is 0.258 e. The molecule has 3 rings (SSSR count). The third kappa shape index (κ3) is 3.90. The minimum Gasteiger partial charge on any atom is -0.354 e. The number of rotatable bonds is 5. The molecule has 0 amide bonds. The molecule has 9 heteroatoms. The molecule has 2 aromatic rings. The van der Waals surface area contributed by atoms with Crippen molar-refractivity contribution in [2.75, 3.05) is 36.1 Å². The molecule has 2 aromatic heterocycles. The van der Waals surface area contributed by atoms with E-state index in [9.17, 15) is 0 Å². The molecule has 124 valence electrons. The molecule has 1 aliphatic rings. The first kappa shape index (κ1) is 16.0. The van der Waals surface area contributed by atoms with Crippen LogP contribution in [0, 0.1) is 0 Å². The van der Waals surface area contributed by atoms with Crippen LogP contribution in [0.15, 0.2) is 11.5 Å². The first-order chi connectivity index (χ1) is 11.3. The molecular formula is C14H22N8S. The van der Waals surface area contributed by atoms with Crippen molar-refractivity contribution in [3.05, 3.63) is 6.33 Å². The van der Waals surface area contributed by atoms with E-state index in [0.717, 1.165) is 19.6 Å². The van der Waals surface area contributed by atoms with Gasteiger partial charge in [0.05, 0.1) is 0 Å². The van der Waals surface area contributed by atoms with Gasteiger partial charge in [0.25, 0.3) is 5.95 Å². The van der Waals surface area contributed by atoms with Crippen molar-refractivity contribution in [1.29, 1.82) is 0 Å². The minimum absolute atomic E-state index is 0.503. The predicted octanol–water partition coefficient (Wildman–Crippen LogP) is 1.99. The molecule has 1 fully saturated rings. The molecule has 8 nitrogen and oxygen atoms in total. The lowest BCUT2D eigenvalue weighted by atomic mass is 10.2. The third-order valence-corrected chi connectivity index (χ3v) is 4.25. The molecule has 0 aliphatic carbocycles. The van der Waals surface area contributed by atoms with Crippen LogP contribution in [-0.2, 0) is 0 Å². The van der Waals surface area contributed by atoms with Crippen LogP contribution in [0.4, 0.5) is 11.9 Å². The third-order valence-electron chi connectivity index (χ3n) is 3.69. The van der Waals surface area contributed by atoms with E-state index in [4.69, 9.17) is 0 Å². The van der Waals surface area contributed by atoms with Crippen LogP contribution in [0.25, 0.3) is 5.95 Å². The van der Waals surface area contributed by atoms with E-state index in [1.807, 2.05) is 13.2 Å². The monoisotopic (exact) mass is 334 g/mol. The Morgan fingerprint density at radius 2 is 1.83 bits per heavy atom. The van der Waals surface area contributed by atoms with E-state index in [0.29, 0.717) is 23.0 Å². The molecule has 1 N–H and O–H groups in total. The second-order valence-electron chi connectivity index (χ2n) is 5.37. The lowest BCUT2D eigenvalue weighted by Gasteiger charge is -2.20. The molecule has 1 saturated heterocycles. The lowest BCUT2D eigenvalue weighted by Crippen LogP contribution is -2.27. The standard InChI is InChI=1S/C14H22N8S/c1-3-15-11-17-12(21-8-6-4-5-7-9-21)19-13(18-11)22-10-16-14(20-22)23-2/h10H,3-9H2,1-2H3,(H,15,17,18,19). The van der Waals surface area contributed by atoms with E-state index in [-0.39, 0.29) is 0 Å². The molecular weight excluding hydrogens is 312 g/mol. The minimum atomic E-state index is 0.503. The summed E-state index contributed by atoms with van der Waals surface area (Å²) in [5.41, 5.74) is 0. The number of anilines is 2. The highest BCUT2D eigenvalue weighted by atomic mass is 32.2. The first-order valence-corrected chi connectivity index (χ1v) is 9.23. The molecule has 0 unspecified atom stereocenters. The normalized spacial score (nSPS) is 15.5. The number of hydrogen-bond donors (Lipinski definition) is 1. The molecule has 0 aromatic carbocycles. The Morgan fingerprint density at radius 3 is 2.48 bits per heavy atom. The van der Waals surface area contributed by atoms with Crippen LogP contribution in [0.2, 0.25) is 0 Å². The summed E-state index contributed by atoms with van der Waals surface area (Å²) in [6, 6.07) is 0. The predicted molar refractivity (Wildman–Crippen MR) is 91.4 cm³/mol. The van der Waals surface area contributed by atoms with Crippen LogP contribution in [0.5, 0.6) is 0 Å². The van der Waals surface area contributed by atoms with Crippen LogP contribution in [-0.4, -0.2) is 55.6 Å². The summed E-state index contributed by atoms with van der Waals surface area (Å²) in [7, 11) is 0. The van der Waals surface area contributed by atoms with Crippen molar-refractivity contribution in [2.45, 2.75) is 37.8 Å². The van der Waals surface area contributed by atoms with Gasteiger partial charge in [-0.05, 0) is 26.0 Å². The zero-order chi connectivity index (χ0) is 16.1. The fourth-order valence-corrected chi connectivity index (χ4v) is 2.87. The van der Waals surface area contributed by atoms with Gasteiger partial charge in [-0.2, -0.15) is 19.6 Å². The summed E-state index contributed by atoms with van der Waals surface area (Å²) < 4.78 is 1.61. The van der Waals surface area contributed by atoms with Crippen molar-refractivity contribution in [1.82, 2.24) is 29.7 Å². The summed E-state index contributed by atoms with van der Waals surface area (Å²) in [4.78, 5) is 20.1. The molecule has 0 atom stereocenters. The number of hydrogen-bond acceptors (Lipinski definition) is 8. The molecule has 1 aliphatic heterocycles. The average Bonchev–Trinajstić information content (AvgIpc) is 2.89. The van der Waals surface area contributed by atoms with E-state index in [2.05, 4.69) is 35.3 Å². The Labute approximate surface area is 140 Å². The van der Waals surface area contributed by atoms with Gasteiger partial charge in [0, 0.05) is 19.6 Å². The van der Waals surface area contributed by atoms with Crippen molar-refractivity contribution < 1.29 is 0 Å². The molecule has 0 radical (unpaired) electrons. The average molecular weight is 334 g/mol. The van der Waals surface area contributed by atoms with Gasteiger partial charge < -0.3 is 10.2 Å². The van der Waals surface area contributed by atoms with Gasteiger partial charge in [0.2, 0.25) is 17.1 Å². The van der Waals surface area contributed by atoms with Gasteiger partial charge in [-0.3, -0.25) is 0 Å². The summed E-state index contributed by atoms with van der Waals surface area (Å²) in [5, 5.41) is 8.25. The van der Waals surface area contributed by atoms with Gasteiger partial charge in [-0.15, -0.1) is 5.10 Å². The maximum atomic E-state index is 4.61. The van der Waals surface area contributed by atoms with E-state index in [1.54, 1.807) is 11.0 Å². The molecule has 23 heavy (non-hydrogen) atoms. The largest absolute Gasteiger partial charge is 0.354 e. The topological polar surface area (TPSA) is 84.7 Å². The zero-order valence-electron chi connectivity index (χ0n) is 13.6. The number of nitrogens with zero attached hydrogens (tertiary/aromatic N) is 7. The van der Waals surface area contributed by atoms with Gasteiger partial charge >= 0.3 is 0 Å². The summed E-state index contributed by atoms with van der Waals surface area (Å²) in [6.07, 6.45) is 8.49. The zero-order valence-corrected chi connectivity index (χ0v) is 14.4. The van der Waals surface area contributed by atoms with Crippen LogP contribution in [0.3, 0.4) is 0 Å². The highest BCUT2D eigenvalue weighted by molar-refractivity contribution is 7.98. The Kier molecular flexibility index (Phi) is 5.27. The van der Waals surface area contributed by atoms with Gasteiger partial charge in [0.1, 0.15) is 6.33 Å². The SMILES string of the molecule is CCNc1nc(N2CCCCCC2)nc(-n2cnc(SC)n2)n1. The number of aromatic nitrogens is 6. The molecule has 0 bridgehead atoms. The van der Waals surface area contributed by atoms with Crippen molar-refractivity contribution >= 4 is 23.7 Å². The second-order valence-corrected chi connectivity index (χ2v) is 6.14. The highest BCUT2D eigenvalue weighted by Crippen LogP contribution is 2.18. The van der Waals surface area contributed by atoms with E-state index < -0.39 is 0 Å². The van der Waals surface area contributed by atoms with Crippen molar-refractivity contribution in [3.8, 4) is 5.95 Å². The molecule has 0 saturated carbocycles. The van der Waals surface area contributed by atoms with Gasteiger partial charge in [0.15, 0.2) is 0 Å². The maximum absolute atomic E-state index is 4.61. The first-order valence-electron chi connectivity index (χ1n) is 8.01. The summed E-state index contributed by atoms with van der Waals surface area (Å²) in [6.45, 7) is 4.76. The van der Waals surface area contributed by atoms with Crippen LogP contribution >= 0.6 is 11.8 Å². The second kappa shape index (κ2) is 7.58. The van der Waals surface area contributed by atoms with Crippen molar-refractivity contribution in [3.63, 3.8) is 0 Å². The van der Waals surface area contributed by atoms with Gasteiger partial charge in [-0.1, -0.05) is 24.6 Å². The van der Waals surface area contributed by atoms with Gasteiger partial charge in [-0.25, -0.2) is 4.98 Å². The molecule has 0 spiro atoms. The Morgan fingerprint density at radius 1 is 1.09 bits per heavy atom. The van der Waals surface area contributed by atoms with E-state index >= 15 is 0 Å². The summed E-state index contributed by atoms with van der Waals surface area (Å²) >= 11 is 1.49. The van der Waals surface area contributed by atoms with E-state index in [1.165, 1.54) is 37.4 Å². The highest BCUT2D eigenvalue weighted by Gasteiger charge is 2.16. The fourth-order valence-electron chi connectivity index (χ4n) is 2.54. The smallest absolute Gasteiger partial charge is 0.258 e. The lowest BCUT2D eigenvalue weighted by molar-refractivity contribution is 0.726. The fraction of sp³-hybridized carbons (Fsp3) is 0.643. The Bertz CT molecular complexity index is 635. The number of nitrogens with one attached hydrogen (secondary N) is 1. The Balaban J connectivity index is 1.94. The molecule has 3 heterocycles. The number of thioether (sulfide) groups is 1. The quantitative estimate of drug-likeness (QED) is 0.831. The van der Waals surface area contributed by atoms with Crippen molar-refractivity contribution in [2.24, 2.45) is 0 Å². The van der Waals surface area contributed by atoms with Crippen LogP contribution < -0.4 is 10.2 Å².